The van der Waals surface area contributed by atoms with E-state index >= 15 is 0 Å². The van der Waals surface area contributed by atoms with Crippen LogP contribution in [0.1, 0.15) is 361 Å². The summed E-state index contributed by atoms with van der Waals surface area (Å²) in [7, 11) is 0. The third-order valence-electron chi connectivity index (χ3n) is 15.4. The maximum Gasteiger partial charge on any atom is 0.305 e. The first-order valence-electron chi connectivity index (χ1n) is 33.3. The molecule has 0 aromatic carbocycles. The van der Waals surface area contributed by atoms with Crippen molar-refractivity contribution in [1.82, 2.24) is 5.32 Å². The Balaban J connectivity index is 3.42. The van der Waals surface area contributed by atoms with Gasteiger partial charge in [0, 0.05) is 12.8 Å². The number of unbranched alkanes of at least 4 members (excludes halogenated alkanes) is 47. The lowest BCUT2D eigenvalue weighted by atomic mass is 10.0. The lowest BCUT2D eigenvalue weighted by Gasteiger charge is -2.20. The van der Waals surface area contributed by atoms with Crippen molar-refractivity contribution in [2.24, 2.45) is 0 Å². The molecule has 74 heavy (non-hydrogen) atoms. The zero-order chi connectivity index (χ0) is 53.6. The molecule has 0 aliphatic heterocycles. The molecule has 0 aromatic heterocycles. The minimum absolute atomic E-state index is 0.00234. The van der Waals surface area contributed by atoms with Crippen molar-refractivity contribution >= 4 is 11.9 Å². The van der Waals surface area contributed by atoms with Gasteiger partial charge in [-0.05, 0) is 57.8 Å². The van der Waals surface area contributed by atoms with Crippen molar-refractivity contribution in [2.75, 3.05) is 13.2 Å². The summed E-state index contributed by atoms with van der Waals surface area (Å²) in [5.41, 5.74) is 0. The van der Waals surface area contributed by atoms with Gasteiger partial charge in [0.2, 0.25) is 5.91 Å². The minimum Gasteiger partial charge on any atom is -0.466 e. The van der Waals surface area contributed by atoms with Crippen LogP contribution in [0.25, 0.3) is 0 Å². The molecule has 6 heteroatoms. The van der Waals surface area contributed by atoms with Gasteiger partial charge in [-0.3, -0.25) is 9.59 Å². The molecule has 0 rings (SSSR count). The van der Waals surface area contributed by atoms with Gasteiger partial charge in [0.25, 0.3) is 0 Å². The van der Waals surface area contributed by atoms with Crippen LogP contribution >= 0.6 is 0 Å². The van der Waals surface area contributed by atoms with Gasteiger partial charge in [-0.1, -0.05) is 326 Å². The molecule has 0 heterocycles. The van der Waals surface area contributed by atoms with Crippen molar-refractivity contribution in [3.63, 3.8) is 0 Å². The third-order valence-corrected chi connectivity index (χ3v) is 15.4. The number of carbonyl (C=O) groups is 2. The third kappa shape index (κ3) is 59.3. The minimum atomic E-state index is -0.846. The van der Waals surface area contributed by atoms with Crippen LogP contribution in [-0.2, 0) is 14.3 Å². The Hall–Kier alpha value is -1.92. The molecule has 6 nitrogen and oxygen atoms in total. The molecule has 0 aliphatic rings. The highest BCUT2D eigenvalue weighted by molar-refractivity contribution is 5.76. The monoisotopic (exact) mass is 1040 g/mol. The lowest BCUT2D eigenvalue weighted by molar-refractivity contribution is -0.143. The number of carbonyl (C=O) groups excluding carboxylic acids is 2. The fourth-order valence-corrected chi connectivity index (χ4v) is 10.3. The van der Waals surface area contributed by atoms with Gasteiger partial charge in [-0.2, -0.15) is 0 Å². The number of nitrogens with one attached hydrogen (secondary N) is 1. The summed E-state index contributed by atoms with van der Waals surface area (Å²) < 4.78 is 5.47. The number of allylic oxidation sites excluding steroid dienone is 5. The predicted octanol–water partition coefficient (Wildman–Crippen LogP) is 21.1. The van der Waals surface area contributed by atoms with Gasteiger partial charge in [0.1, 0.15) is 0 Å². The maximum atomic E-state index is 12.5. The van der Waals surface area contributed by atoms with E-state index in [4.69, 9.17) is 4.74 Å². The zero-order valence-corrected chi connectivity index (χ0v) is 49.8. The van der Waals surface area contributed by atoms with E-state index in [1.807, 2.05) is 6.08 Å². The number of amides is 1. The van der Waals surface area contributed by atoms with E-state index in [1.54, 1.807) is 6.08 Å². The molecule has 0 saturated carbocycles. The summed E-state index contributed by atoms with van der Waals surface area (Å²) in [6, 6.07) is -0.630. The van der Waals surface area contributed by atoms with Crippen LogP contribution in [0, 0.1) is 0 Å². The highest BCUT2D eigenvalue weighted by Gasteiger charge is 2.18. The van der Waals surface area contributed by atoms with Gasteiger partial charge in [-0.25, -0.2) is 0 Å². The number of aliphatic hydroxyl groups excluding tert-OH is 2. The number of ether oxygens (including phenoxy) is 1. The van der Waals surface area contributed by atoms with E-state index in [-0.39, 0.29) is 18.5 Å². The number of aliphatic hydroxyl groups is 2. The first-order chi connectivity index (χ1) is 36.5. The van der Waals surface area contributed by atoms with Gasteiger partial charge in [0.05, 0.1) is 25.4 Å². The molecule has 0 radical (unpaired) electrons. The van der Waals surface area contributed by atoms with E-state index in [2.05, 4.69) is 43.5 Å². The Morgan fingerprint density at radius 2 is 0.703 bits per heavy atom. The first-order valence-corrected chi connectivity index (χ1v) is 33.3. The van der Waals surface area contributed by atoms with Gasteiger partial charge < -0.3 is 20.3 Å². The number of rotatable bonds is 62. The Morgan fingerprint density at radius 3 is 1.08 bits per heavy atom. The van der Waals surface area contributed by atoms with Crippen LogP contribution in [0.3, 0.4) is 0 Å². The van der Waals surface area contributed by atoms with Crippen molar-refractivity contribution in [3.05, 3.63) is 36.5 Å². The highest BCUT2D eigenvalue weighted by atomic mass is 16.5. The van der Waals surface area contributed by atoms with Crippen molar-refractivity contribution in [2.45, 2.75) is 373 Å². The van der Waals surface area contributed by atoms with Gasteiger partial charge in [-0.15, -0.1) is 0 Å². The Kier molecular flexibility index (Phi) is 62.0. The Morgan fingerprint density at radius 1 is 0.378 bits per heavy atom. The molecule has 436 valence electrons. The lowest BCUT2D eigenvalue weighted by Crippen LogP contribution is -2.45. The highest BCUT2D eigenvalue weighted by Crippen LogP contribution is 2.18. The zero-order valence-electron chi connectivity index (χ0n) is 49.8. The summed E-state index contributed by atoms with van der Waals surface area (Å²) in [6.07, 6.45) is 80.6. The van der Waals surface area contributed by atoms with Crippen LogP contribution in [0.5, 0.6) is 0 Å². The van der Waals surface area contributed by atoms with E-state index in [1.165, 1.54) is 283 Å². The molecule has 0 spiro atoms. The summed E-state index contributed by atoms with van der Waals surface area (Å²) >= 11 is 0. The van der Waals surface area contributed by atoms with Crippen LogP contribution in [0.15, 0.2) is 36.5 Å². The molecule has 0 aliphatic carbocycles. The average molecular weight is 1040 g/mol. The molecule has 3 N–H and O–H groups in total. The molecule has 2 atom stereocenters. The Bertz CT molecular complexity index is 1200. The van der Waals surface area contributed by atoms with Gasteiger partial charge in [0.15, 0.2) is 0 Å². The van der Waals surface area contributed by atoms with Crippen LogP contribution in [0.2, 0.25) is 0 Å². The van der Waals surface area contributed by atoms with E-state index in [9.17, 15) is 19.8 Å². The van der Waals surface area contributed by atoms with E-state index in [0.29, 0.717) is 19.4 Å². The predicted molar refractivity (Wildman–Crippen MR) is 324 cm³/mol. The molecular formula is C68H129NO5. The number of hydrogen-bond donors (Lipinski definition) is 3. The second kappa shape index (κ2) is 63.6. The molecule has 0 saturated heterocycles. The standard InChI is InChI=1S/C68H129NO5/c1-3-5-7-9-11-13-15-17-18-19-20-21-24-27-30-33-37-40-44-48-52-56-60-66(71)65(64-70)69-67(72)61-57-53-49-45-41-38-34-31-28-25-22-23-26-29-32-35-39-43-47-51-55-59-63-74-68(73)62-58-54-50-46-42-36-16-14-12-10-8-6-4-2/h8,10,14,16,56,60,65-66,70-71H,3-7,9,11-13,15,17-55,57-59,61-64H2,1-2H3,(H,69,72)/b10-8-,16-14-,60-56+. The van der Waals surface area contributed by atoms with Crippen molar-refractivity contribution < 1.29 is 24.5 Å². The number of esters is 1. The quantitative estimate of drug-likeness (QED) is 0.0320. The maximum absolute atomic E-state index is 12.5. The molecule has 2 unspecified atom stereocenters. The average Bonchev–Trinajstić information content (AvgIpc) is 3.40. The van der Waals surface area contributed by atoms with Crippen molar-refractivity contribution in [3.8, 4) is 0 Å². The smallest absolute Gasteiger partial charge is 0.305 e. The summed E-state index contributed by atoms with van der Waals surface area (Å²) in [6.45, 7) is 4.86. The van der Waals surface area contributed by atoms with Crippen molar-refractivity contribution in [1.29, 1.82) is 0 Å². The molecule has 0 aromatic rings. The number of hydrogen-bond acceptors (Lipinski definition) is 5. The second-order valence-electron chi connectivity index (χ2n) is 22.8. The fraction of sp³-hybridized carbons (Fsp3) is 0.882. The summed E-state index contributed by atoms with van der Waals surface area (Å²) in [5, 5.41) is 23.2. The van der Waals surface area contributed by atoms with Crippen LogP contribution < -0.4 is 5.32 Å². The molecular weight excluding hydrogens is 911 g/mol. The summed E-state index contributed by atoms with van der Waals surface area (Å²) in [4.78, 5) is 24.5. The molecule has 1 amide bonds. The molecule has 0 fully saturated rings. The molecule has 0 bridgehead atoms. The van der Waals surface area contributed by atoms with Crippen LogP contribution in [-0.4, -0.2) is 47.4 Å². The fourth-order valence-electron chi connectivity index (χ4n) is 10.3. The topological polar surface area (TPSA) is 95.9 Å². The van der Waals surface area contributed by atoms with Gasteiger partial charge >= 0.3 is 5.97 Å². The first kappa shape index (κ1) is 72.1. The SMILES string of the molecule is CCC/C=C\C/C=C\CCCCCCCC(=O)OCCCCCCCCCCCCCCCCCCCCCCCCC(=O)NC(CO)C(O)/C=C/CCCCCCCCCCCCCCCCCCCCCC. The van der Waals surface area contributed by atoms with E-state index in [0.717, 1.165) is 51.4 Å². The normalized spacial score (nSPS) is 12.8. The summed E-state index contributed by atoms with van der Waals surface area (Å²) in [5.74, 6) is -0.0674. The van der Waals surface area contributed by atoms with Crippen LogP contribution in [0.4, 0.5) is 0 Å². The second-order valence-corrected chi connectivity index (χ2v) is 22.8. The largest absolute Gasteiger partial charge is 0.466 e. The Labute approximate surface area is 462 Å². The van der Waals surface area contributed by atoms with E-state index < -0.39 is 12.1 Å².